The molecule has 0 aromatic heterocycles. The number of fused-ring (bicyclic) bond motifs is 1. The van der Waals surface area contributed by atoms with Crippen LogP contribution in [0.2, 0.25) is 10.0 Å². The van der Waals surface area contributed by atoms with Gasteiger partial charge in [0, 0.05) is 23.6 Å². The smallest absolute Gasteiger partial charge is 0.328 e. The number of Topliss-reactive ketones (excluding diaryl/α,β-unsaturated/α-hetero) is 1. The third kappa shape index (κ3) is 1.84. The van der Waals surface area contributed by atoms with Gasteiger partial charge in [0.05, 0.1) is 10.0 Å². The summed E-state index contributed by atoms with van der Waals surface area (Å²) in [7, 11) is 0. The van der Waals surface area contributed by atoms with Crippen molar-refractivity contribution in [3.8, 4) is 0 Å². The Bertz CT molecular complexity index is 532. The minimum absolute atomic E-state index is 0.251. The number of aliphatic carboxylic acids is 1. The molecule has 0 amide bonds. The van der Waals surface area contributed by atoms with Crippen molar-refractivity contribution in [2.24, 2.45) is 0 Å². The highest BCUT2D eigenvalue weighted by Gasteiger charge is 2.26. The second kappa shape index (κ2) is 3.92. The van der Waals surface area contributed by atoms with Gasteiger partial charge in [0.25, 0.3) is 0 Å². The number of ketones is 1. The molecule has 0 fully saturated rings. The lowest BCUT2D eigenvalue weighted by Gasteiger charge is -1.99. The molecule has 0 saturated heterocycles. The molecule has 0 aliphatic heterocycles. The Morgan fingerprint density at radius 3 is 2.56 bits per heavy atom. The number of allylic oxidation sites excluding steroid dienone is 1. The molecule has 3 nitrogen and oxygen atoms in total. The van der Waals surface area contributed by atoms with Gasteiger partial charge in [-0.15, -0.1) is 0 Å². The predicted octanol–water partition coefficient (Wildman–Crippen LogP) is 2.74. The number of carbonyl (C=O) groups excluding carboxylic acids is 1. The van der Waals surface area contributed by atoms with Crippen molar-refractivity contribution in [3.05, 3.63) is 45.0 Å². The zero-order chi connectivity index (χ0) is 11.9. The van der Waals surface area contributed by atoms with Gasteiger partial charge in [-0.1, -0.05) is 23.2 Å². The van der Waals surface area contributed by atoms with Gasteiger partial charge in [0.15, 0.2) is 5.78 Å². The minimum Gasteiger partial charge on any atom is -0.478 e. The van der Waals surface area contributed by atoms with E-state index in [2.05, 4.69) is 0 Å². The number of carboxylic acids is 1. The molecule has 1 aromatic rings. The third-order valence-corrected chi connectivity index (χ3v) is 3.08. The van der Waals surface area contributed by atoms with Gasteiger partial charge in [-0.25, -0.2) is 4.79 Å². The van der Waals surface area contributed by atoms with Crippen LogP contribution in [0.4, 0.5) is 0 Å². The Balaban J connectivity index is 2.50. The van der Waals surface area contributed by atoms with Gasteiger partial charge in [-0.2, -0.15) is 0 Å². The van der Waals surface area contributed by atoms with Crippen molar-refractivity contribution in [2.45, 2.75) is 6.42 Å². The SMILES string of the molecule is O=C(O)/C=C1\Cc2cc(Cl)c(Cl)cc2C1=O. The molecule has 82 valence electrons. The van der Waals surface area contributed by atoms with E-state index in [1.807, 2.05) is 0 Å². The largest absolute Gasteiger partial charge is 0.478 e. The molecular weight excluding hydrogens is 251 g/mol. The van der Waals surface area contributed by atoms with Crippen LogP contribution in [0.3, 0.4) is 0 Å². The standard InChI is InChI=1S/C11H6Cl2O3/c12-8-2-5-1-6(3-10(14)15)11(16)7(5)4-9(8)13/h2-4H,1H2,(H,14,15)/b6-3+. The normalized spacial score (nSPS) is 16.6. The summed E-state index contributed by atoms with van der Waals surface area (Å²) in [5.41, 5.74) is 1.40. The molecule has 0 radical (unpaired) electrons. The third-order valence-electron chi connectivity index (χ3n) is 2.36. The van der Waals surface area contributed by atoms with Crippen molar-refractivity contribution >= 4 is 35.0 Å². The highest BCUT2D eigenvalue weighted by molar-refractivity contribution is 6.42. The van der Waals surface area contributed by atoms with E-state index in [-0.39, 0.29) is 17.8 Å². The molecule has 5 heteroatoms. The van der Waals surface area contributed by atoms with Gasteiger partial charge in [0.1, 0.15) is 0 Å². The first-order valence-corrected chi connectivity index (χ1v) is 5.20. The zero-order valence-electron chi connectivity index (χ0n) is 7.96. The first kappa shape index (κ1) is 11.2. The highest BCUT2D eigenvalue weighted by atomic mass is 35.5. The lowest BCUT2D eigenvalue weighted by molar-refractivity contribution is -0.131. The number of hydrogen-bond acceptors (Lipinski definition) is 2. The van der Waals surface area contributed by atoms with Gasteiger partial charge in [-0.3, -0.25) is 4.79 Å². The van der Waals surface area contributed by atoms with Crippen LogP contribution >= 0.6 is 23.2 Å². The number of hydrogen-bond donors (Lipinski definition) is 1. The molecule has 1 aromatic carbocycles. The molecule has 2 rings (SSSR count). The highest BCUT2D eigenvalue weighted by Crippen LogP contribution is 2.33. The molecule has 0 atom stereocenters. The number of carbonyl (C=O) groups is 2. The van der Waals surface area contributed by atoms with Gasteiger partial charge < -0.3 is 5.11 Å². The molecule has 1 aliphatic carbocycles. The number of carboxylic acid groups (broad SMARTS) is 1. The average molecular weight is 257 g/mol. The number of benzene rings is 1. The molecule has 0 saturated carbocycles. The van der Waals surface area contributed by atoms with Crippen LogP contribution in [0.1, 0.15) is 15.9 Å². The fourth-order valence-electron chi connectivity index (χ4n) is 1.67. The molecule has 1 aliphatic rings. The number of rotatable bonds is 1. The lowest BCUT2D eigenvalue weighted by atomic mass is 10.1. The second-order valence-electron chi connectivity index (χ2n) is 3.44. The van der Waals surface area contributed by atoms with Crippen LogP contribution in [0.25, 0.3) is 0 Å². The monoisotopic (exact) mass is 256 g/mol. The Kier molecular flexibility index (Phi) is 2.74. The molecule has 0 bridgehead atoms. The first-order chi connectivity index (χ1) is 7.49. The summed E-state index contributed by atoms with van der Waals surface area (Å²) in [6.07, 6.45) is 1.21. The van der Waals surface area contributed by atoms with Gasteiger partial charge >= 0.3 is 5.97 Å². The van der Waals surface area contributed by atoms with E-state index >= 15 is 0 Å². The maximum absolute atomic E-state index is 11.8. The summed E-state index contributed by atoms with van der Waals surface area (Å²) in [5.74, 6) is -1.43. The summed E-state index contributed by atoms with van der Waals surface area (Å²) in [5, 5.41) is 9.26. The quantitative estimate of drug-likeness (QED) is 0.787. The first-order valence-electron chi connectivity index (χ1n) is 4.45. The van der Waals surface area contributed by atoms with E-state index in [1.54, 1.807) is 6.07 Å². The topological polar surface area (TPSA) is 54.4 Å². The van der Waals surface area contributed by atoms with E-state index in [0.29, 0.717) is 21.2 Å². The fourth-order valence-corrected chi connectivity index (χ4v) is 2.02. The van der Waals surface area contributed by atoms with Crippen molar-refractivity contribution in [1.82, 2.24) is 0 Å². The van der Waals surface area contributed by atoms with E-state index in [4.69, 9.17) is 28.3 Å². The van der Waals surface area contributed by atoms with Crippen LogP contribution in [-0.2, 0) is 11.2 Å². The van der Waals surface area contributed by atoms with Crippen molar-refractivity contribution in [2.75, 3.05) is 0 Å². The van der Waals surface area contributed by atoms with E-state index in [1.165, 1.54) is 6.07 Å². The van der Waals surface area contributed by atoms with Crippen LogP contribution in [0, 0.1) is 0 Å². The number of halogens is 2. The van der Waals surface area contributed by atoms with Crippen LogP contribution in [0.15, 0.2) is 23.8 Å². The Labute approximate surface area is 101 Å². The summed E-state index contributed by atoms with van der Waals surface area (Å²) in [6, 6.07) is 3.07. The Morgan fingerprint density at radius 1 is 1.31 bits per heavy atom. The summed E-state index contributed by atoms with van der Waals surface area (Å²) >= 11 is 11.6. The molecule has 0 unspecified atom stereocenters. The molecule has 0 spiro atoms. The summed E-state index contributed by atoms with van der Waals surface area (Å²) in [4.78, 5) is 22.3. The predicted molar refractivity (Wildman–Crippen MR) is 60.2 cm³/mol. The second-order valence-corrected chi connectivity index (χ2v) is 4.25. The zero-order valence-corrected chi connectivity index (χ0v) is 9.47. The summed E-state index contributed by atoms with van der Waals surface area (Å²) < 4.78 is 0. The summed E-state index contributed by atoms with van der Waals surface area (Å²) in [6.45, 7) is 0. The molecule has 16 heavy (non-hydrogen) atoms. The Hall–Kier alpha value is -1.32. The van der Waals surface area contributed by atoms with Gasteiger partial charge in [-0.05, 0) is 17.7 Å². The molecular formula is C11H6Cl2O3. The van der Waals surface area contributed by atoms with Crippen LogP contribution in [-0.4, -0.2) is 16.9 Å². The Morgan fingerprint density at radius 2 is 1.94 bits per heavy atom. The van der Waals surface area contributed by atoms with Crippen LogP contribution in [0.5, 0.6) is 0 Å². The minimum atomic E-state index is -1.13. The maximum Gasteiger partial charge on any atom is 0.328 e. The molecule has 0 heterocycles. The van der Waals surface area contributed by atoms with Crippen molar-refractivity contribution < 1.29 is 14.7 Å². The fraction of sp³-hybridized carbons (Fsp3) is 0.0909. The van der Waals surface area contributed by atoms with E-state index in [0.717, 1.165) is 6.08 Å². The van der Waals surface area contributed by atoms with Crippen molar-refractivity contribution in [3.63, 3.8) is 0 Å². The van der Waals surface area contributed by atoms with Crippen LogP contribution < -0.4 is 0 Å². The van der Waals surface area contributed by atoms with E-state index in [9.17, 15) is 9.59 Å². The lowest BCUT2D eigenvalue weighted by Crippen LogP contribution is -1.99. The van der Waals surface area contributed by atoms with Gasteiger partial charge in [0.2, 0.25) is 0 Å². The molecule has 1 N–H and O–H groups in total. The average Bonchev–Trinajstić information content (AvgIpc) is 2.45. The van der Waals surface area contributed by atoms with E-state index < -0.39 is 5.97 Å². The van der Waals surface area contributed by atoms with Crippen molar-refractivity contribution in [1.29, 1.82) is 0 Å². The maximum atomic E-state index is 11.8.